The van der Waals surface area contributed by atoms with Crippen LogP contribution in [-0.4, -0.2) is 16.5 Å². The van der Waals surface area contributed by atoms with E-state index >= 15 is 0 Å². The molecule has 0 bridgehead atoms. The first kappa shape index (κ1) is 11.0. The van der Waals surface area contributed by atoms with Crippen LogP contribution in [0.1, 0.15) is 25.3 Å². The number of ketones is 1. The molecule has 3 heteroatoms. The van der Waals surface area contributed by atoms with E-state index in [1.54, 1.807) is 19.1 Å². The van der Waals surface area contributed by atoms with Gasteiger partial charge in [-0.05, 0) is 36.3 Å². The van der Waals surface area contributed by atoms with E-state index in [4.69, 9.17) is 0 Å². The Kier molecular flexibility index (Phi) is 2.64. The quantitative estimate of drug-likeness (QED) is 0.788. The van der Waals surface area contributed by atoms with Gasteiger partial charge in [0.2, 0.25) is 0 Å². The number of carbonyl (C=O) groups is 1. The molecule has 1 N–H and O–H groups in total. The van der Waals surface area contributed by atoms with Gasteiger partial charge in [-0.2, -0.15) is 0 Å². The van der Waals surface area contributed by atoms with Crippen molar-refractivity contribution in [3.63, 3.8) is 0 Å². The van der Waals surface area contributed by atoms with Gasteiger partial charge in [-0.1, -0.05) is 12.1 Å². The SMILES string of the molecule is CC1(O)CC(=O)C=C(c2cccc(F)c2)C1. The van der Waals surface area contributed by atoms with Gasteiger partial charge in [0.25, 0.3) is 0 Å². The molecule has 0 heterocycles. The predicted molar refractivity (Wildman–Crippen MR) is 59.2 cm³/mol. The van der Waals surface area contributed by atoms with Gasteiger partial charge in [0.15, 0.2) is 5.78 Å². The molecule has 0 fully saturated rings. The summed E-state index contributed by atoms with van der Waals surface area (Å²) in [5.41, 5.74) is 0.335. The lowest BCUT2D eigenvalue weighted by Gasteiger charge is -2.27. The lowest BCUT2D eigenvalue weighted by atomic mass is 9.83. The first-order valence-electron chi connectivity index (χ1n) is 5.18. The van der Waals surface area contributed by atoms with Crippen molar-refractivity contribution in [2.45, 2.75) is 25.4 Å². The number of benzene rings is 1. The van der Waals surface area contributed by atoms with E-state index in [2.05, 4.69) is 0 Å². The van der Waals surface area contributed by atoms with Crippen molar-refractivity contribution in [2.75, 3.05) is 0 Å². The first-order chi connectivity index (χ1) is 7.46. The topological polar surface area (TPSA) is 37.3 Å². The molecule has 0 saturated carbocycles. The standard InChI is InChI=1S/C13H13FO2/c1-13(16)7-10(6-12(15)8-13)9-3-2-4-11(14)5-9/h2-6,16H,7-8H2,1H3. The Morgan fingerprint density at radius 3 is 2.75 bits per heavy atom. The minimum Gasteiger partial charge on any atom is -0.389 e. The van der Waals surface area contributed by atoms with Gasteiger partial charge in [-0.3, -0.25) is 4.79 Å². The fourth-order valence-corrected chi connectivity index (χ4v) is 2.02. The average Bonchev–Trinajstić information content (AvgIpc) is 2.14. The van der Waals surface area contributed by atoms with E-state index in [0.29, 0.717) is 17.6 Å². The Bertz CT molecular complexity index is 461. The minimum absolute atomic E-state index is 0.115. The molecular weight excluding hydrogens is 207 g/mol. The molecule has 84 valence electrons. The molecular formula is C13H13FO2. The highest BCUT2D eigenvalue weighted by Gasteiger charge is 2.29. The Labute approximate surface area is 93.4 Å². The monoisotopic (exact) mass is 220 g/mol. The zero-order valence-corrected chi connectivity index (χ0v) is 9.03. The van der Waals surface area contributed by atoms with Crippen LogP contribution in [0.3, 0.4) is 0 Å². The Balaban J connectivity index is 2.38. The summed E-state index contributed by atoms with van der Waals surface area (Å²) in [5, 5.41) is 9.89. The molecule has 1 aromatic carbocycles. The van der Waals surface area contributed by atoms with Crippen molar-refractivity contribution in [1.29, 1.82) is 0 Å². The second-order valence-electron chi connectivity index (χ2n) is 4.50. The fraction of sp³-hybridized carbons (Fsp3) is 0.308. The van der Waals surface area contributed by atoms with E-state index in [1.165, 1.54) is 18.2 Å². The summed E-state index contributed by atoms with van der Waals surface area (Å²) < 4.78 is 13.0. The summed E-state index contributed by atoms with van der Waals surface area (Å²) in [6.45, 7) is 1.62. The molecule has 1 aromatic rings. The summed E-state index contributed by atoms with van der Waals surface area (Å²) in [6, 6.07) is 6.07. The van der Waals surface area contributed by atoms with E-state index in [-0.39, 0.29) is 18.0 Å². The molecule has 2 nitrogen and oxygen atoms in total. The molecule has 1 atom stereocenters. The van der Waals surface area contributed by atoms with Crippen LogP contribution in [0.4, 0.5) is 4.39 Å². The summed E-state index contributed by atoms with van der Waals surface area (Å²) in [6.07, 6.45) is 2.00. The summed E-state index contributed by atoms with van der Waals surface area (Å²) >= 11 is 0. The Morgan fingerprint density at radius 2 is 2.12 bits per heavy atom. The normalized spacial score (nSPS) is 25.4. The zero-order chi connectivity index (χ0) is 11.8. The summed E-state index contributed by atoms with van der Waals surface area (Å²) in [4.78, 5) is 11.4. The highest BCUT2D eigenvalue weighted by molar-refractivity contribution is 5.99. The number of allylic oxidation sites excluding steroid dienone is 1. The molecule has 2 rings (SSSR count). The summed E-state index contributed by atoms with van der Waals surface area (Å²) in [7, 11) is 0. The smallest absolute Gasteiger partial charge is 0.158 e. The molecule has 0 amide bonds. The second kappa shape index (κ2) is 3.83. The van der Waals surface area contributed by atoms with Gasteiger partial charge in [-0.15, -0.1) is 0 Å². The van der Waals surface area contributed by atoms with Gasteiger partial charge < -0.3 is 5.11 Å². The van der Waals surface area contributed by atoms with E-state index in [1.807, 2.05) is 0 Å². The number of halogens is 1. The third-order valence-corrected chi connectivity index (χ3v) is 2.66. The van der Waals surface area contributed by atoms with Gasteiger partial charge in [-0.25, -0.2) is 4.39 Å². The average molecular weight is 220 g/mol. The molecule has 16 heavy (non-hydrogen) atoms. The van der Waals surface area contributed by atoms with Crippen molar-refractivity contribution in [3.05, 3.63) is 41.7 Å². The highest BCUT2D eigenvalue weighted by Crippen LogP contribution is 2.32. The van der Waals surface area contributed by atoms with Crippen LogP contribution in [-0.2, 0) is 4.79 Å². The van der Waals surface area contributed by atoms with Gasteiger partial charge in [0.1, 0.15) is 5.82 Å². The zero-order valence-electron chi connectivity index (χ0n) is 9.03. The molecule has 1 unspecified atom stereocenters. The number of aliphatic hydroxyl groups is 1. The molecule has 1 aliphatic rings. The molecule has 1 aliphatic carbocycles. The molecule has 0 radical (unpaired) electrons. The number of carbonyl (C=O) groups excluding carboxylic acids is 1. The number of hydrogen-bond donors (Lipinski definition) is 1. The maximum atomic E-state index is 13.0. The lowest BCUT2D eigenvalue weighted by molar-refractivity contribution is -0.119. The van der Waals surface area contributed by atoms with Crippen molar-refractivity contribution < 1.29 is 14.3 Å². The van der Waals surface area contributed by atoms with Crippen LogP contribution in [0.5, 0.6) is 0 Å². The maximum Gasteiger partial charge on any atom is 0.158 e. The number of hydrogen-bond acceptors (Lipinski definition) is 2. The molecule has 0 aliphatic heterocycles. The van der Waals surface area contributed by atoms with E-state index < -0.39 is 5.60 Å². The van der Waals surface area contributed by atoms with Crippen LogP contribution in [0.15, 0.2) is 30.3 Å². The van der Waals surface area contributed by atoms with Gasteiger partial charge in [0, 0.05) is 12.8 Å². The van der Waals surface area contributed by atoms with Crippen LogP contribution < -0.4 is 0 Å². The minimum atomic E-state index is -1.02. The lowest BCUT2D eigenvalue weighted by Crippen LogP contribution is -2.30. The van der Waals surface area contributed by atoms with Crippen LogP contribution in [0.2, 0.25) is 0 Å². The number of rotatable bonds is 1. The Morgan fingerprint density at radius 1 is 1.38 bits per heavy atom. The fourth-order valence-electron chi connectivity index (χ4n) is 2.02. The molecule has 0 spiro atoms. The largest absolute Gasteiger partial charge is 0.389 e. The maximum absolute atomic E-state index is 13.0. The van der Waals surface area contributed by atoms with Crippen molar-refractivity contribution in [3.8, 4) is 0 Å². The van der Waals surface area contributed by atoms with Gasteiger partial charge >= 0.3 is 0 Å². The van der Waals surface area contributed by atoms with Crippen LogP contribution in [0.25, 0.3) is 5.57 Å². The van der Waals surface area contributed by atoms with Gasteiger partial charge in [0.05, 0.1) is 5.60 Å². The third-order valence-electron chi connectivity index (χ3n) is 2.66. The Hall–Kier alpha value is -1.48. The molecule has 0 saturated heterocycles. The van der Waals surface area contributed by atoms with Crippen molar-refractivity contribution >= 4 is 11.4 Å². The van der Waals surface area contributed by atoms with Crippen molar-refractivity contribution in [2.24, 2.45) is 0 Å². The van der Waals surface area contributed by atoms with E-state index in [9.17, 15) is 14.3 Å². The van der Waals surface area contributed by atoms with Crippen LogP contribution in [0, 0.1) is 5.82 Å². The first-order valence-corrected chi connectivity index (χ1v) is 5.18. The summed E-state index contributed by atoms with van der Waals surface area (Å²) in [5.74, 6) is -0.452. The highest BCUT2D eigenvalue weighted by atomic mass is 19.1. The second-order valence-corrected chi connectivity index (χ2v) is 4.50. The van der Waals surface area contributed by atoms with Crippen LogP contribution >= 0.6 is 0 Å². The molecule has 0 aromatic heterocycles. The van der Waals surface area contributed by atoms with E-state index in [0.717, 1.165) is 0 Å². The predicted octanol–water partition coefficient (Wildman–Crippen LogP) is 2.32. The van der Waals surface area contributed by atoms with Crippen molar-refractivity contribution in [1.82, 2.24) is 0 Å². The third kappa shape index (κ3) is 2.36.